The number of nitrogens with one attached hydrogen (secondary N) is 1. The number of anilines is 1. The lowest BCUT2D eigenvalue weighted by Crippen LogP contribution is -2.47. The molecule has 1 aliphatic rings. The molecule has 4 nitrogen and oxygen atoms in total. The maximum absolute atomic E-state index is 12.5. The summed E-state index contributed by atoms with van der Waals surface area (Å²) >= 11 is 1.70. The van der Waals surface area contributed by atoms with Crippen molar-refractivity contribution < 1.29 is 4.79 Å². The number of likely N-dealkylation sites (tertiary alicyclic amines) is 1. The van der Waals surface area contributed by atoms with E-state index in [1.54, 1.807) is 11.3 Å². The molecule has 3 aromatic rings. The lowest BCUT2D eigenvalue weighted by Gasteiger charge is -2.38. The van der Waals surface area contributed by atoms with E-state index in [2.05, 4.69) is 49.2 Å². The Balaban J connectivity index is 1.43. The second kappa shape index (κ2) is 8.02. The molecule has 2 aromatic carbocycles. The summed E-state index contributed by atoms with van der Waals surface area (Å²) in [7, 11) is 0. The predicted octanol–water partition coefficient (Wildman–Crippen LogP) is 5.47. The van der Waals surface area contributed by atoms with E-state index in [0.717, 1.165) is 21.8 Å². The molecule has 1 saturated heterocycles. The zero-order valence-electron chi connectivity index (χ0n) is 16.7. The third-order valence-electron chi connectivity index (χ3n) is 5.66. The topological polar surface area (TPSA) is 45.2 Å². The molecule has 0 radical (unpaired) electrons. The molecule has 2 unspecified atom stereocenters. The predicted molar refractivity (Wildman–Crippen MR) is 118 cm³/mol. The number of benzene rings is 2. The van der Waals surface area contributed by atoms with E-state index in [9.17, 15) is 4.79 Å². The van der Waals surface area contributed by atoms with Gasteiger partial charge < -0.3 is 5.32 Å². The van der Waals surface area contributed by atoms with E-state index in [1.165, 1.54) is 29.5 Å². The van der Waals surface area contributed by atoms with Gasteiger partial charge in [-0.3, -0.25) is 9.69 Å². The van der Waals surface area contributed by atoms with Crippen LogP contribution in [0.4, 0.5) is 5.69 Å². The highest BCUT2D eigenvalue weighted by Crippen LogP contribution is 2.31. The second-order valence-corrected chi connectivity index (χ2v) is 8.95. The van der Waals surface area contributed by atoms with E-state index in [-0.39, 0.29) is 5.91 Å². The molecule has 1 aliphatic heterocycles. The Bertz CT molecular complexity index is 969. The SMILES string of the molecule is Cc1ccc2nc(-c3ccc(NC(=O)CN4C(C)CCCC4C)cc3)sc2c1. The fourth-order valence-corrected chi connectivity index (χ4v) is 5.07. The highest BCUT2D eigenvalue weighted by atomic mass is 32.1. The summed E-state index contributed by atoms with van der Waals surface area (Å²) in [5.41, 5.74) is 4.20. The first-order valence-electron chi connectivity index (χ1n) is 10.0. The number of carbonyl (C=O) groups is 1. The normalized spacial score (nSPS) is 20.4. The number of fused-ring (bicyclic) bond motifs is 1. The smallest absolute Gasteiger partial charge is 0.238 e. The van der Waals surface area contributed by atoms with Crippen molar-refractivity contribution in [3.8, 4) is 10.6 Å². The molecule has 0 spiro atoms. The van der Waals surface area contributed by atoms with E-state index < -0.39 is 0 Å². The van der Waals surface area contributed by atoms with Gasteiger partial charge in [0.05, 0.1) is 16.8 Å². The van der Waals surface area contributed by atoms with Crippen molar-refractivity contribution in [2.75, 3.05) is 11.9 Å². The van der Waals surface area contributed by atoms with Gasteiger partial charge in [0.2, 0.25) is 5.91 Å². The Morgan fingerprint density at radius 1 is 1.14 bits per heavy atom. The first kappa shape index (κ1) is 19.1. The molecule has 2 atom stereocenters. The Labute approximate surface area is 170 Å². The minimum absolute atomic E-state index is 0.0591. The number of rotatable bonds is 4. The van der Waals surface area contributed by atoms with E-state index >= 15 is 0 Å². The fourth-order valence-electron chi connectivity index (χ4n) is 4.00. The summed E-state index contributed by atoms with van der Waals surface area (Å²) in [5, 5.41) is 4.05. The quantitative estimate of drug-likeness (QED) is 0.639. The number of amides is 1. The highest BCUT2D eigenvalue weighted by molar-refractivity contribution is 7.21. The zero-order valence-corrected chi connectivity index (χ0v) is 17.6. The number of aromatic nitrogens is 1. The minimum atomic E-state index is 0.0591. The number of piperidine rings is 1. The van der Waals surface area contributed by atoms with Gasteiger partial charge in [-0.15, -0.1) is 11.3 Å². The van der Waals surface area contributed by atoms with Crippen LogP contribution in [0.15, 0.2) is 42.5 Å². The van der Waals surface area contributed by atoms with Crippen molar-refractivity contribution in [2.24, 2.45) is 0 Å². The molecule has 4 rings (SSSR count). The largest absolute Gasteiger partial charge is 0.325 e. The van der Waals surface area contributed by atoms with E-state index in [1.807, 2.05) is 24.3 Å². The summed E-state index contributed by atoms with van der Waals surface area (Å²) < 4.78 is 1.21. The average molecular weight is 394 g/mol. The van der Waals surface area contributed by atoms with E-state index in [0.29, 0.717) is 18.6 Å². The molecule has 28 heavy (non-hydrogen) atoms. The first-order valence-corrected chi connectivity index (χ1v) is 10.8. The monoisotopic (exact) mass is 393 g/mol. The number of carbonyl (C=O) groups excluding carboxylic acids is 1. The number of nitrogens with zero attached hydrogens (tertiary/aromatic N) is 2. The number of hydrogen-bond donors (Lipinski definition) is 1. The Kier molecular flexibility index (Phi) is 5.47. The van der Waals surface area contributed by atoms with Crippen LogP contribution in [0.1, 0.15) is 38.7 Å². The van der Waals surface area contributed by atoms with Crippen molar-refractivity contribution in [3.05, 3.63) is 48.0 Å². The van der Waals surface area contributed by atoms with Gasteiger partial charge in [-0.05, 0) is 75.6 Å². The molecule has 1 aromatic heterocycles. The van der Waals surface area contributed by atoms with Crippen LogP contribution in [0.3, 0.4) is 0 Å². The number of aryl methyl sites for hydroxylation is 1. The van der Waals surface area contributed by atoms with Gasteiger partial charge in [0, 0.05) is 23.3 Å². The molecule has 1 amide bonds. The summed E-state index contributed by atoms with van der Waals surface area (Å²) in [6, 6.07) is 15.3. The summed E-state index contributed by atoms with van der Waals surface area (Å²) in [4.78, 5) is 19.6. The maximum Gasteiger partial charge on any atom is 0.238 e. The number of thiazole rings is 1. The molecule has 5 heteroatoms. The lowest BCUT2D eigenvalue weighted by molar-refractivity contribution is -0.118. The Morgan fingerprint density at radius 2 is 1.86 bits per heavy atom. The van der Waals surface area contributed by atoms with Crippen LogP contribution in [-0.4, -0.2) is 34.4 Å². The minimum Gasteiger partial charge on any atom is -0.325 e. The van der Waals surface area contributed by atoms with Gasteiger partial charge in [0.15, 0.2) is 0 Å². The van der Waals surface area contributed by atoms with Crippen LogP contribution in [0.2, 0.25) is 0 Å². The van der Waals surface area contributed by atoms with Gasteiger partial charge in [-0.25, -0.2) is 4.98 Å². The van der Waals surface area contributed by atoms with E-state index in [4.69, 9.17) is 4.98 Å². The number of hydrogen-bond acceptors (Lipinski definition) is 4. The van der Waals surface area contributed by atoms with Crippen LogP contribution in [-0.2, 0) is 4.79 Å². The van der Waals surface area contributed by atoms with Gasteiger partial charge in [0.1, 0.15) is 5.01 Å². The van der Waals surface area contributed by atoms with Crippen LogP contribution in [0, 0.1) is 6.92 Å². The van der Waals surface area contributed by atoms with Crippen molar-refractivity contribution in [2.45, 2.75) is 52.1 Å². The maximum atomic E-state index is 12.5. The Hall–Kier alpha value is -2.24. The zero-order chi connectivity index (χ0) is 19.7. The average Bonchev–Trinajstić information content (AvgIpc) is 3.08. The second-order valence-electron chi connectivity index (χ2n) is 7.92. The van der Waals surface area contributed by atoms with Crippen molar-refractivity contribution in [1.29, 1.82) is 0 Å². The van der Waals surface area contributed by atoms with Gasteiger partial charge >= 0.3 is 0 Å². The summed E-state index contributed by atoms with van der Waals surface area (Å²) in [6.45, 7) is 7.00. The standard InChI is InChI=1S/C23H27N3OS/c1-15-7-12-20-21(13-15)28-23(25-20)18-8-10-19(11-9-18)24-22(27)14-26-16(2)5-4-6-17(26)3/h7-13,16-17H,4-6,14H2,1-3H3,(H,24,27). The third-order valence-corrected chi connectivity index (χ3v) is 6.73. The molecular formula is C23H27N3OS. The summed E-state index contributed by atoms with van der Waals surface area (Å²) in [6.07, 6.45) is 3.61. The van der Waals surface area contributed by atoms with Crippen molar-refractivity contribution in [1.82, 2.24) is 9.88 Å². The van der Waals surface area contributed by atoms with Crippen LogP contribution in [0.5, 0.6) is 0 Å². The first-order chi connectivity index (χ1) is 13.5. The lowest BCUT2D eigenvalue weighted by atomic mass is 9.97. The molecule has 0 saturated carbocycles. The third kappa shape index (κ3) is 4.10. The fraction of sp³-hybridized carbons (Fsp3) is 0.391. The molecule has 0 bridgehead atoms. The van der Waals surface area contributed by atoms with Crippen LogP contribution >= 0.6 is 11.3 Å². The van der Waals surface area contributed by atoms with Gasteiger partial charge in [-0.1, -0.05) is 12.5 Å². The van der Waals surface area contributed by atoms with Crippen molar-refractivity contribution in [3.63, 3.8) is 0 Å². The van der Waals surface area contributed by atoms with Crippen LogP contribution in [0.25, 0.3) is 20.8 Å². The molecule has 2 heterocycles. The highest BCUT2D eigenvalue weighted by Gasteiger charge is 2.26. The van der Waals surface area contributed by atoms with Gasteiger partial charge in [0.25, 0.3) is 0 Å². The van der Waals surface area contributed by atoms with Gasteiger partial charge in [-0.2, -0.15) is 0 Å². The van der Waals surface area contributed by atoms with Crippen LogP contribution < -0.4 is 5.32 Å². The Morgan fingerprint density at radius 3 is 2.57 bits per heavy atom. The molecule has 0 aliphatic carbocycles. The molecule has 1 N–H and O–H groups in total. The molecule has 1 fully saturated rings. The summed E-state index contributed by atoms with van der Waals surface area (Å²) in [5.74, 6) is 0.0591. The van der Waals surface area contributed by atoms with Crippen molar-refractivity contribution >= 4 is 33.1 Å². The molecule has 146 valence electrons. The molecular weight excluding hydrogens is 366 g/mol.